The van der Waals surface area contributed by atoms with Gasteiger partial charge in [0, 0.05) is 6.20 Å². The van der Waals surface area contributed by atoms with Crippen molar-refractivity contribution in [3.05, 3.63) is 36.3 Å². The summed E-state index contributed by atoms with van der Waals surface area (Å²) in [6, 6.07) is 9.37. The van der Waals surface area contributed by atoms with Crippen LogP contribution in [0.1, 0.15) is 5.82 Å². The molecule has 0 N–H and O–H groups in total. The van der Waals surface area contributed by atoms with Crippen LogP contribution in [-0.2, 0) is 0 Å². The first-order valence-electron chi connectivity index (χ1n) is 4.39. The molecule has 0 fully saturated rings. The number of nitriles is 1. The Balaban J connectivity index is 2.63. The van der Waals surface area contributed by atoms with Crippen molar-refractivity contribution in [3.63, 3.8) is 0 Å². The van der Waals surface area contributed by atoms with E-state index in [1.165, 1.54) is 0 Å². The number of fused-ring (bicyclic) bond motifs is 3. The van der Waals surface area contributed by atoms with Crippen molar-refractivity contribution in [3.8, 4) is 6.07 Å². The molecule has 0 spiro atoms. The Hall–Kier alpha value is -2.48. The molecule has 70 valence electrons. The number of nitrogens with zero attached hydrogens (tertiary/aromatic N) is 5. The minimum Gasteiger partial charge on any atom is -0.265 e. The number of hydrogen-bond acceptors (Lipinski definition) is 4. The van der Waals surface area contributed by atoms with Gasteiger partial charge in [0.1, 0.15) is 6.07 Å². The van der Waals surface area contributed by atoms with E-state index < -0.39 is 0 Å². The Morgan fingerprint density at radius 3 is 3.00 bits per heavy atom. The van der Waals surface area contributed by atoms with Crippen LogP contribution in [-0.4, -0.2) is 19.6 Å². The summed E-state index contributed by atoms with van der Waals surface area (Å²) >= 11 is 0. The van der Waals surface area contributed by atoms with Crippen molar-refractivity contribution in [1.29, 1.82) is 5.26 Å². The number of pyridine rings is 2. The summed E-state index contributed by atoms with van der Waals surface area (Å²) < 4.78 is 1.70. The molecule has 0 bridgehead atoms. The molecule has 5 nitrogen and oxygen atoms in total. The fraction of sp³-hybridized carbons (Fsp3) is 0. The summed E-state index contributed by atoms with van der Waals surface area (Å²) in [6.07, 6.45) is 1.71. The quantitative estimate of drug-likeness (QED) is 0.539. The highest BCUT2D eigenvalue weighted by Crippen LogP contribution is 2.14. The minimum atomic E-state index is 0.281. The summed E-state index contributed by atoms with van der Waals surface area (Å²) in [5.74, 6) is 0.281. The lowest BCUT2D eigenvalue weighted by Gasteiger charge is -1.99. The maximum atomic E-state index is 8.89. The highest BCUT2D eigenvalue weighted by Gasteiger charge is 2.07. The highest BCUT2D eigenvalue weighted by molar-refractivity contribution is 5.78. The molecule has 0 saturated carbocycles. The maximum Gasteiger partial charge on any atom is 0.239 e. The van der Waals surface area contributed by atoms with Gasteiger partial charge in [-0.3, -0.25) is 9.38 Å². The molecule has 3 aromatic rings. The van der Waals surface area contributed by atoms with Crippen LogP contribution in [0.4, 0.5) is 0 Å². The zero-order chi connectivity index (χ0) is 10.3. The molecule has 0 aliphatic carbocycles. The number of aromatic nitrogens is 4. The van der Waals surface area contributed by atoms with E-state index >= 15 is 0 Å². The molecule has 15 heavy (non-hydrogen) atoms. The third-order valence-electron chi connectivity index (χ3n) is 2.24. The smallest absolute Gasteiger partial charge is 0.239 e. The number of rotatable bonds is 0. The maximum absolute atomic E-state index is 8.89. The van der Waals surface area contributed by atoms with E-state index in [-0.39, 0.29) is 5.82 Å². The van der Waals surface area contributed by atoms with Crippen LogP contribution in [0, 0.1) is 11.3 Å². The summed E-state index contributed by atoms with van der Waals surface area (Å²) in [6.45, 7) is 0. The van der Waals surface area contributed by atoms with Gasteiger partial charge in [-0.15, -0.1) is 10.2 Å². The first-order chi connectivity index (χ1) is 7.40. The van der Waals surface area contributed by atoms with E-state index in [0.29, 0.717) is 5.65 Å². The summed E-state index contributed by atoms with van der Waals surface area (Å²) in [5.41, 5.74) is 2.32. The molecule has 3 rings (SSSR count). The molecule has 3 heterocycles. The van der Waals surface area contributed by atoms with Crippen molar-refractivity contribution in [1.82, 2.24) is 19.6 Å². The Morgan fingerprint density at radius 1 is 1.20 bits per heavy atom. The summed E-state index contributed by atoms with van der Waals surface area (Å²) in [4.78, 5) is 4.20. The van der Waals surface area contributed by atoms with Crippen molar-refractivity contribution in [2.45, 2.75) is 0 Å². The molecule has 0 atom stereocenters. The lowest BCUT2D eigenvalue weighted by atomic mass is 10.3. The zero-order valence-electron chi connectivity index (χ0n) is 7.62. The van der Waals surface area contributed by atoms with E-state index in [1.54, 1.807) is 16.7 Å². The van der Waals surface area contributed by atoms with Crippen molar-refractivity contribution in [2.24, 2.45) is 0 Å². The largest absolute Gasteiger partial charge is 0.265 e. The van der Waals surface area contributed by atoms with E-state index in [2.05, 4.69) is 15.2 Å². The first-order valence-corrected chi connectivity index (χ1v) is 4.39. The van der Waals surface area contributed by atoms with E-state index in [9.17, 15) is 0 Å². The van der Waals surface area contributed by atoms with E-state index in [4.69, 9.17) is 5.26 Å². The van der Waals surface area contributed by atoms with Crippen molar-refractivity contribution >= 4 is 16.7 Å². The van der Waals surface area contributed by atoms with Gasteiger partial charge in [-0.2, -0.15) is 5.26 Å². The second-order valence-electron chi connectivity index (χ2n) is 3.07. The van der Waals surface area contributed by atoms with Crippen LogP contribution in [0.15, 0.2) is 30.5 Å². The first kappa shape index (κ1) is 7.88. The average Bonchev–Trinajstić information content (AvgIpc) is 2.72. The monoisotopic (exact) mass is 195 g/mol. The molecular weight excluding hydrogens is 190 g/mol. The van der Waals surface area contributed by atoms with Crippen molar-refractivity contribution in [2.75, 3.05) is 0 Å². The Bertz CT molecular complexity index is 692. The standard InChI is InChI=1S/C10H5N5/c11-6-10-14-13-9-4-3-7-8(15(9)10)2-1-5-12-7/h1-5H. The predicted molar refractivity (Wildman–Crippen MR) is 53.0 cm³/mol. The topological polar surface area (TPSA) is 66.9 Å². The van der Waals surface area contributed by atoms with Gasteiger partial charge in [-0.1, -0.05) is 0 Å². The predicted octanol–water partition coefficient (Wildman–Crippen LogP) is 1.15. The molecule has 0 aliphatic heterocycles. The van der Waals surface area contributed by atoms with E-state index in [1.807, 2.05) is 24.3 Å². The lowest BCUT2D eigenvalue weighted by Crippen LogP contribution is -1.92. The Morgan fingerprint density at radius 2 is 2.13 bits per heavy atom. The molecule has 0 aliphatic rings. The molecule has 5 heteroatoms. The Kier molecular flexibility index (Phi) is 1.45. The third kappa shape index (κ3) is 0.987. The molecule has 0 aromatic carbocycles. The van der Waals surface area contributed by atoms with Gasteiger partial charge in [-0.05, 0) is 24.3 Å². The van der Waals surface area contributed by atoms with Gasteiger partial charge < -0.3 is 0 Å². The van der Waals surface area contributed by atoms with Gasteiger partial charge in [0.15, 0.2) is 5.65 Å². The summed E-state index contributed by atoms with van der Waals surface area (Å²) in [7, 11) is 0. The van der Waals surface area contributed by atoms with Crippen LogP contribution in [0.5, 0.6) is 0 Å². The van der Waals surface area contributed by atoms with Gasteiger partial charge >= 0.3 is 0 Å². The van der Waals surface area contributed by atoms with Crippen LogP contribution in [0.25, 0.3) is 16.7 Å². The van der Waals surface area contributed by atoms with Gasteiger partial charge in [0.2, 0.25) is 5.82 Å². The SMILES string of the molecule is N#Cc1nnc2ccc3ncccc3n12. The zero-order valence-corrected chi connectivity index (χ0v) is 7.62. The fourth-order valence-electron chi connectivity index (χ4n) is 1.59. The van der Waals surface area contributed by atoms with Gasteiger partial charge in [0.25, 0.3) is 0 Å². The van der Waals surface area contributed by atoms with Crippen LogP contribution >= 0.6 is 0 Å². The highest BCUT2D eigenvalue weighted by atomic mass is 15.2. The average molecular weight is 195 g/mol. The Labute approximate surface area is 84.6 Å². The number of hydrogen-bond donors (Lipinski definition) is 0. The normalized spacial score (nSPS) is 10.6. The van der Waals surface area contributed by atoms with E-state index in [0.717, 1.165) is 11.0 Å². The second kappa shape index (κ2) is 2.75. The second-order valence-corrected chi connectivity index (χ2v) is 3.07. The van der Waals surface area contributed by atoms with Crippen LogP contribution in [0.3, 0.4) is 0 Å². The molecule has 0 amide bonds. The molecule has 0 saturated heterocycles. The minimum absolute atomic E-state index is 0.281. The molecule has 0 radical (unpaired) electrons. The summed E-state index contributed by atoms with van der Waals surface area (Å²) in [5, 5.41) is 16.6. The van der Waals surface area contributed by atoms with Crippen molar-refractivity contribution < 1.29 is 0 Å². The molecule has 3 aromatic heterocycles. The fourth-order valence-corrected chi connectivity index (χ4v) is 1.59. The lowest BCUT2D eigenvalue weighted by molar-refractivity contribution is 1.07. The molecular formula is C10H5N5. The van der Waals surface area contributed by atoms with Crippen LogP contribution < -0.4 is 0 Å². The van der Waals surface area contributed by atoms with Gasteiger partial charge in [0.05, 0.1) is 11.0 Å². The third-order valence-corrected chi connectivity index (χ3v) is 2.24. The molecule has 0 unspecified atom stereocenters. The van der Waals surface area contributed by atoms with Crippen LogP contribution in [0.2, 0.25) is 0 Å². The van der Waals surface area contributed by atoms with Gasteiger partial charge in [-0.25, -0.2) is 0 Å².